The lowest BCUT2D eigenvalue weighted by Crippen LogP contribution is -2.65. The molecule has 0 saturated carbocycles. The van der Waals surface area contributed by atoms with Crippen molar-refractivity contribution in [2.45, 2.75) is 229 Å². The zero-order valence-electron chi connectivity index (χ0n) is 33.2. The molecular formula is C40H77NO13. The lowest BCUT2D eigenvalue weighted by atomic mass is 9.97. The van der Waals surface area contributed by atoms with Gasteiger partial charge in [-0.25, -0.2) is 0 Å². The molecule has 1 amide bonds. The van der Waals surface area contributed by atoms with E-state index in [1.165, 1.54) is 77.0 Å². The molecule has 2 aliphatic rings. The number of unbranched alkanes of at least 4 members (excludes halogenated alkanes) is 18. The standard InChI is InChI=1S/C40H77NO13/c1-3-5-7-9-11-13-14-16-18-20-22-24-32(45)41-28(29(44)23-21-19-17-15-12-10-8-6-4-2)27-51-39-37(50)35(48)38(31(26-43)53-39)54-40-36(49)34(47)33(46)30(25-42)52-40/h28-31,33-40,42-44,46-50H,3-27H2,1-2H3,(H,41,45)/t28-,29+,30+,31+,33-,34?,35?,36?,37?,38+,39+,40-/m0/s1. The highest BCUT2D eigenvalue weighted by atomic mass is 16.7. The van der Waals surface area contributed by atoms with Crippen molar-refractivity contribution in [2.24, 2.45) is 0 Å². The fourth-order valence-electron chi connectivity index (χ4n) is 7.23. The molecule has 2 saturated heterocycles. The molecule has 2 heterocycles. The molecule has 54 heavy (non-hydrogen) atoms. The summed E-state index contributed by atoms with van der Waals surface area (Å²) in [6.45, 7) is 2.78. The summed E-state index contributed by atoms with van der Waals surface area (Å²) in [5, 5.41) is 86.3. The van der Waals surface area contributed by atoms with E-state index in [4.69, 9.17) is 18.9 Å². The molecular weight excluding hydrogens is 702 g/mol. The average Bonchev–Trinajstić information content (AvgIpc) is 3.17. The predicted molar refractivity (Wildman–Crippen MR) is 203 cm³/mol. The molecule has 0 radical (unpaired) electrons. The van der Waals surface area contributed by atoms with Crippen molar-refractivity contribution in [1.82, 2.24) is 5.32 Å². The Balaban J connectivity index is 1.92. The topological polar surface area (TPSA) is 228 Å². The van der Waals surface area contributed by atoms with Crippen LogP contribution in [0.5, 0.6) is 0 Å². The lowest BCUT2D eigenvalue weighted by Gasteiger charge is -2.46. The van der Waals surface area contributed by atoms with E-state index in [0.29, 0.717) is 12.8 Å². The second-order valence-electron chi connectivity index (χ2n) is 15.5. The first kappa shape index (κ1) is 49.1. The molecule has 14 nitrogen and oxygen atoms in total. The van der Waals surface area contributed by atoms with Gasteiger partial charge in [-0.1, -0.05) is 136 Å². The first-order valence-corrected chi connectivity index (χ1v) is 21.3. The van der Waals surface area contributed by atoms with Crippen molar-refractivity contribution in [3.63, 3.8) is 0 Å². The van der Waals surface area contributed by atoms with E-state index in [2.05, 4.69) is 19.2 Å². The van der Waals surface area contributed by atoms with Crippen LogP contribution in [0.4, 0.5) is 0 Å². The maximum absolute atomic E-state index is 13.0. The van der Waals surface area contributed by atoms with Gasteiger partial charge in [0.05, 0.1) is 32.0 Å². The molecule has 2 rings (SSSR count). The van der Waals surface area contributed by atoms with E-state index < -0.39 is 86.8 Å². The molecule has 4 unspecified atom stereocenters. The van der Waals surface area contributed by atoms with Crippen LogP contribution in [0.1, 0.15) is 155 Å². The van der Waals surface area contributed by atoms with Gasteiger partial charge in [-0.2, -0.15) is 0 Å². The molecule has 0 aliphatic carbocycles. The summed E-state index contributed by atoms with van der Waals surface area (Å²) in [6, 6.07) is -0.817. The number of aliphatic hydroxyl groups excluding tert-OH is 8. The molecule has 12 atom stereocenters. The van der Waals surface area contributed by atoms with Crippen molar-refractivity contribution >= 4 is 5.91 Å². The van der Waals surface area contributed by atoms with Gasteiger partial charge in [-0.3, -0.25) is 4.79 Å². The van der Waals surface area contributed by atoms with Gasteiger partial charge >= 0.3 is 0 Å². The van der Waals surface area contributed by atoms with Gasteiger partial charge in [-0.05, 0) is 12.8 Å². The van der Waals surface area contributed by atoms with Crippen LogP contribution in [-0.4, -0.2) is 140 Å². The van der Waals surface area contributed by atoms with Crippen molar-refractivity contribution in [3.8, 4) is 0 Å². The summed E-state index contributed by atoms with van der Waals surface area (Å²) in [4.78, 5) is 13.0. The fraction of sp³-hybridized carbons (Fsp3) is 0.975. The minimum absolute atomic E-state index is 0.211. The van der Waals surface area contributed by atoms with Gasteiger partial charge in [0.15, 0.2) is 12.6 Å². The smallest absolute Gasteiger partial charge is 0.220 e. The zero-order chi connectivity index (χ0) is 39.7. The SMILES string of the molecule is CCCCCCCCCCCCCC(=O)N[C@@H](CO[C@@H]1O[C@H](CO)[C@@H](O[C@@H]2O[C@H](CO)[C@H](O)C(O)C2O)C(O)C1O)[C@H](O)CCCCCCCCCCC. The van der Waals surface area contributed by atoms with Crippen LogP contribution < -0.4 is 5.32 Å². The highest BCUT2D eigenvalue weighted by Gasteiger charge is 2.50. The number of ether oxygens (including phenoxy) is 4. The van der Waals surface area contributed by atoms with Crippen LogP contribution >= 0.6 is 0 Å². The Morgan fingerprint density at radius 2 is 1.06 bits per heavy atom. The molecule has 320 valence electrons. The summed E-state index contributed by atoms with van der Waals surface area (Å²) >= 11 is 0. The summed E-state index contributed by atoms with van der Waals surface area (Å²) < 4.78 is 22.6. The molecule has 0 aromatic carbocycles. The molecule has 0 bridgehead atoms. The molecule has 9 N–H and O–H groups in total. The largest absolute Gasteiger partial charge is 0.394 e. The minimum Gasteiger partial charge on any atom is -0.394 e. The van der Waals surface area contributed by atoms with Crippen molar-refractivity contribution < 1.29 is 64.6 Å². The highest BCUT2D eigenvalue weighted by Crippen LogP contribution is 2.30. The maximum Gasteiger partial charge on any atom is 0.220 e. The van der Waals surface area contributed by atoms with E-state index in [0.717, 1.165) is 51.4 Å². The predicted octanol–water partition coefficient (Wildman–Crippen LogP) is 3.09. The van der Waals surface area contributed by atoms with E-state index >= 15 is 0 Å². The van der Waals surface area contributed by atoms with Crippen LogP contribution in [0.2, 0.25) is 0 Å². The van der Waals surface area contributed by atoms with Gasteiger partial charge in [0.2, 0.25) is 5.91 Å². The number of aliphatic hydroxyl groups is 8. The second kappa shape index (κ2) is 29.2. The highest BCUT2D eigenvalue weighted by molar-refractivity contribution is 5.76. The van der Waals surface area contributed by atoms with E-state index in [9.17, 15) is 45.6 Å². The number of hydrogen-bond donors (Lipinski definition) is 9. The monoisotopic (exact) mass is 780 g/mol. The molecule has 0 aromatic rings. The molecule has 2 aliphatic heterocycles. The van der Waals surface area contributed by atoms with Crippen LogP contribution in [0.25, 0.3) is 0 Å². The second-order valence-corrected chi connectivity index (χ2v) is 15.5. The van der Waals surface area contributed by atoms with Crippen LogP contribution in [0, 0.1) is 0 Å². The Morgan fingerprint density at radius 3 is 1.57 bits per heavy atom. The van der Waals surface area contributed by atoms with Crippen LogP contribution in [0.3, 0.4) is 0 Å². The fourth-order valence-corrected chi connectivity index (χ4v) is 7.23. The third-order valence-corrected chi connectivity index (χ3v) is 10.8. The van der Waals surface area contributed by atoms with Gasteiger partial charge in [-0.15, -0.1) is 0 Å². The number of carbonyl (C=O) groups is 1. The van der Waals surface area contributed by atoms with Crippen molar-refractivity contribution in [2.75, 3.05) is 19.8 Å². The molecule has 14 heteroatoms. The average molecular weight is 780 g/mol. The van der Waals surface area contributed by atoms with E-state index in [1.807, 2.05) is 0 Å². The molecule has 0 aromatic heterocycles. The summed E-state index contributed by atoms with van der Waals surface area (Å²) in [7, 11) is 0. The Kier molecular flexibility index (Phi) is 26.6. The first-order valence-electron chi connectivity index (χ1n) is 21.3. The lowest BCUT2D eigenvalue weighted by molar-refractivity contribution is -0.359. The number of amides is 1. The summed E-state index contributed by atoms with van der Waals surface area (Å²) in [5.41, 5.74) is 0. The van der Waals surface area contributed by atoms with Gasteiger partial charge in [0.1, 0.15) is 48.8 Å². The Bertz CT molecular complexity index is 930. The Morgan fingerprint density at radius 1 is 0.593 bits per heavy atom. The van der Waals surface area contributed by atoms with Crippen LogP contribution in [-0.2, 0) is 23.7 Å². The quantitative estimate of drug-likeness (QED) is 0.0462. The third kappa shape index (κ3) is 18.1. The molecule has 2 fully saturated rings. The van der Waals surface area contributed by atoms with Crippen LogP contribution in [0.15, 0.2) is 0 Å². The van der Waals surface area contributed by atoms with Gasteiger partial charge < -0.3 is 65.1 Å². The Labute approximate surface area is 323 Å². The maximum atomic E-state index is 13.0. The first-order chi connectivity index (χ1) is 26.1. The zero-order valence-corrected chi connectivity index (χ0v) is 33.2. The Hall–Kier alpha value is -1.01. The number of hydrogen-bond acceptors (Lipinski definition) is 13. The minimum atomic E-state index is -1.78. The van der Waals surface area contributed by atoms with E-state index in [1.54, 1.807) is 0 Å². The number of nitrogens with one attached hydrogen (secondary N) is 1. The van der Waals surface area contributed by atoms with Gasteiger partial charge in [0, 0.05) is 6.42 Å². The number of rotatable bonds is 31. The van der Waals surface area contributed by atoms with E-state index in [-0.39, 0.29) is 12.5 Å². The molecule has 0 spiro atoms. The van der Waals surface area contributed by atoms with Gasteiger partial charge in [0.25, 0.3) is 0 Å². The third-order valence-electron chi connectivity index (χ3n) is 10.8. The summed E-state index contributed by atoms with van der Waals surface area (Å²) in [5.74, 6) is -0.211. The summed E-state index contributed by atoms with van der Waals surface area (Å²) in [6.07, 6.45) is 7.04. The van der Waals surface area contributed by atoms with Crippen molar-refractivity contribution in [3.05, 3.63) is 0 Å². The number of carbonyl (C=O) groups excluding carboxylic acids is 1. The normalized spacial score (nSPS) is 30.0. The van der Waals surface area contributed by atoms with Crippen molar-refractivity contribution in [1.29, 1.82) is 0 Å².